The van der Waals surface area contributed by atoms with Crippen LogP contribution in [-0.2, 0) is 11.3 Å². The maximum absolute atomic E-state index is 11.9. The number of nitrogens with zero attached hydrogens (tertiary/aromatic N) is 2. The molecule has 0 amide bonds. The van der Waals surface area contributed by atoms with Crippen molar-refractivity contribution < 1.29 is 17.9 Å². The summed E-state index contributed by atoms with van der Waals surface area (Å²) in [5.74, 6) is -0.188. The van der Waals surface area contributed by atoms with Crippen molar-refractivity contribution in [3.05, 3.63) is 21.6 Å². The summed E-state index contributed by atoms with van der Waals surface area (Å²) in [5.41, 5.74) is -4.57. The lowest BCUT2D eigenvalue weighted by molar-refractivity contribution is -0.0327. The second-order valence-corrected chi connectivity index (χ2v) is 5.15. The van der Waals surface area contributed by atoms with Gasteiger partial charge in [0, 0.05) is 19.4 Å². The van der Waals surface area contributed by atoms with Gasteiger partial charge in [-0.1, -0.05) is 11.6 Å². The standard InChI is InChI=1S/C10H13ClF3N3O2S/c1-19-4-3-17-9(18)8(11)7(6-16-17)15-2-5-20-10(12,13)14/h6,15H,2-5H2,1H3. The summed E-state index contributed by atoms with van der Waals surface area (Å²) in [6.07, 6.45) is 1.30. The molecule has 10 heteroatoms. The summed E-state index contributed by atoms with van der Waals surface area (Å²) in [6, 6.07) is 0. The fraction of sp³-hybridized carbons (Fsp3) is 0.600. The van der Waals surface area contributed by atoms with Gasteiger partial charge >= 0.3 is 5.51 Å². The zero-order valence-electron chi connectivity index (χ0n) is 10.5. The molecule has 0 spiro atoms. The molecule has 0 saturated heterocycles. The van der Waals surface area contributed by atoms with Gasteiger partial charge in [-0.2, -0.15) is 18.3 Å². The van der Waals surface area contributed by atoms with Crippen molar-refractivity contribution >= 4 is 29.1 Å². The molecule has 20 heavy (non-hydrogen) atoms. The fourth-order valence-electron chi connectivity index (χ4n) is 1.28. The van der Waals surface area contributed by atoms with Crippen molar-refractivity contribution in [1.82, 2.24) is 9.78 Å². The minimum atomic E-state index is -4.27. The highest BCUT2D eigenvalue weighted by Crippen LogP contribution is 2.29. The summed E-state index contributed by atoms with van der Waals surface area (Å²) in [6.45, 7) is 0.574. The van der Waals surface area contributed by atoms with Gasteiger partial charge in [-0.3, -0.25) is 4.79 Å². The van der Waals surface area contributed by atoms with E-state index < -0.39 is 11.1 Å². The number of methoxy groups -OCH3 is 1. The summed E-state index contributed by atoms with van der Waals surface area (Å²) in [4.78, 5) is 11.8. The molecular weight excluding hydrogens is 319 g/mol. The number of nitrogens with one attached hydrogen (secondary N) is 1. The Morgan fingerprint density at radius 2 is 2.25 bits per heavy atom. The Balaban J connectivity index is 2.59. The molecule has 114 valence electrons. The van der Waals surface area contributed by atoms with Gasteiger partial charge in [0.05, 0.1) is 25.0 Å². The molecule has 0 radical (unpaired) electrons. The second-order valence-electron chi connectivity index (χ2n) is 3.61. The van der Waals surface area contributed by atoms with E-state index in [0.717, 1.165) is 4.68 Å². The van der Waals surface area contributed by atoms with Crippen molar-refractivity contribution in [2.75, 3.05) is 31.3 Å². The third-order valence-electron chi connectivity index (χ3n) is 2.18. The fourth-order valence-corrected chi connectivity index (χ4v) is 1.93. The maximum Gasteiger partial charge on any atom is 0.441 e. The Kier molecular flexibility index (Phi) is 6.63. The van der Waals surface area contributed by atoms with Crippen LogP contribution in [0.5, 0.6) is 0 Å². The maximum atomic E-state index is 11.9. The first-order chi connectivity index (χ1) is 9.35. The molecule has 0 atom stereocenters. The van der Waals surface area contributed by atoms with Crippen LogP contribution >= 0.6 is 23.4 Å². The number of rotatable bonds is 7. The van der Waals surface area contributed by atoms with Crippen LogP contribution in [0.15, 0.2) is 11.0 Å². The molecular formula is C10H13ClF3N3O2S. The first-order valence-electron chi connectivity index (χ1n) is 5.54. The van der Waals surface area contributed by atoms with E-state index in [1.165, 1.54) is 13.3 Å². The van der Waals surface area contributed by atoms with Crippen molar-refractivity contribution in [3.63, 3.8) is 0 Å². The number of hydrogen-bond acceptors (Lipinski definition) is 5. The molecule has 1 aromatic heterocycles. The number of hydrogen-bond donors (Lipinski definition) is 1. The van der Waals surface area contributed by atoms with E-state index in [-0.39, 0.29) is 41.3 Å². The van der Waals surface area contributed by atoms with E-state index in [1.807, 2.05) is 0 Å². The smallest absolute Gasteiger partial charge is 0.383 e. The molecule has 0 aliphatic heterocycles. The van der Waals surface area contributed by atoms with Crippen LogP contribution in [0.3, 0.4) is 0 Å². The minimum absolute atomic E-state index is 0.0209. The molecule has 0 aliphatic rings. The van der Waals surface area contributed by atoms with Gasteiger partial charge in [0.1, 0.15) is 5.02 Å². The van der Waals surface area contributed by atoms with Crippen molar-refractivity contribution in [1.29, 1.82) is 0 Å². The Morgan fingerprint density at radius 1 is 1.55 bits per heavy atom. The van der Waals surface area contributed by atoms with E-state index in [2.05, 4.69) is 10.4 Å². The van der Waals surface area contributed by atoms with E-state index in [0.29, 0.717) is 6.61 Å². The SMILES string of the molecule is COCCn1ncc(NCCSC(F)(F)F)c(Cl)c1=O. The Labute approximate surface area is 122 Å². The first-order valence-corrected chi connectivity index (χ1v) is 6.90. The monoisotopic (exact) mass is 331 g/mol. The Hall–Kier alpha value is -0.930. The predicted molar refractivity (Wildman–Crippen MR) is 72.4 cm³/mol. The van der Waals surface area contributed by atoms with Gasteiger partial charge in [0.15, 0.2) is 0 Å². The normalized spacial score (nSPS) is 11.7. The molecule has 0 bridgehead atoms. The molecule has 1 N–H and O–H groups in total. The Morgan fingerprint density at radius 3 is 2.85 bits per heavy atom. The van der Waals surface area contributed by atoms with Crippen molar-refractivity contribution in [3.8, 4) is 0 Å². The lowest BCUT2D eigenvalue weighted by Gasteiger charge is -2.10. The summed E-state index contributed by atoms with van der Waals surface area (Å²) in [7, 11) is 1.49. The topological polar surface area (TPSA) is 56.1 Å². The highest BCUT2D eigenvalue weighted by atomic mass is 35.5. The average Bonchev–Trinajstić information content (AvgIpc) is 2.37. The average molecular weight is 332 g/mol. The van der Waals surface area contributed by atoms with Crippen LogP contribution < -0.4 is 10.9 Å². The highest BCUT2D eigenvalue weighted by molar-refractivity contribution is 8.00. The lowest BCUT2D eigenvalue weighted by atomic mass is 10.4. The number of halogens is 4. The van der Waals surface area contributed by atoms with E-state index in [9.17, 15) is 18.0 Å². The predicted octanol–water partition coefficient (Wildman–Crippen LogP) is 2.21. The van der Waals surface area contributed by atoms with Gasteiger partial charge in [0.2, 0.25) is 0 Å². The molecule has 1 rings (SSSR count). The molecule has 0 unspecified atom stereocenters. The van der Waals surface area contributed by atoms with Crippen LogP contribution in [0.1, 0.15) is 0 Å². The molecule has 1 heterocycles. The lowest BCUT2D eigenvalue weighted by Crippen LogP contribution is -2.26. The number of thioether (sulfide) groups is 1. The second kappa shape index (κ2) is 7.75. The van der Waals surface area contributed by atoms with Crippen molar-refractivity contribution in [2.45, 2.75) is 12.1 Å². The zero-order chi connectivity index (χ0) is 15.2. The number of ether oxygens (including phenoxy) is 1. The number of anilines is 1. The van der Waals surface area contributed by atoms with Crippen LogP contribution in [0.2, 0.25) is 5.02 Å². The summed E-state index contributed by atoms with van der Waals surface area (Å²) >= 11 is 5.69. The van der Waals surface area contributed by atoms with Gasteiger partial charge in [-0.15, -0.1) is 0 Å². The van der Waals surface area contributed by atoms with Gasteiger partial charge < -0.3 is 10.1 Å². The van der Waals surface area contributed by atoms with Crippen LogP contribution in [0, 0.1) is 0 Å². The zero-order valence-corrected chi connectivity index (χ0v) is 12.1. The van der Waals surface area contributed by atoms with Gasteiger partial charge in [-0.25, -0.2) is 4.68 Å². The van der Waals surface area contributed by atoms with Crippen LogP contribution in [0.25, 0.3) is 0 Å². The van der Waals surface area contributed by atoms with Crippen molar-refractivity contribution in [2.24, 2.45) is 0 Å². The highest BCUT2D eigenvalue weighted by Gasteiger charge is 2.27. The third kappa shape index (κ3) is 5.59. The van der Waals surface area contributed by atoms with Crippen LogP contribution in [-0.4, -0.2) is 41.3 Å². The quantitative estimate of drug-likeness (QED) is 0.776. The van der Waals surface area contributed by atoms with E-state index in [4.69, 9.17) is 16.3 Å². The molecule has 0 fully saturated rings. The Bertz CT molecular complexity index is 496. The van der Waals surface area contributed by atoms with Gasteiger partial charge in [0.25, 0.3) is 5.56 Å². The van der Waals surface area contributed by atoms with E-state index in [1.54, 1.807) is 0 Å². The number of alkyl halides is 3. The molecule has 1 aromatic rings. The minimum Gasteiger partial charge on any atom is -0.383 e. The molecule has 0 aromatic carbocycles. The molecule has 0 aliphatic carbocycles. The van der Waals surface area contributed by atoms with Crippen LogP contribution in [0.4, 0.5) is 18.9 Å². The summed E-state index contributed by atoms with van der Waals surface area (Å²) < 4.78 is 41.7. The third-order valence-corrected chi connectivity index (χ3v) is 3.28. The summed E-state index contributed by atoms with van der Waals surface area (Å²) in [5, 5.41) is 6.40. The molecule has 0 saturated carbocycles. The molecule has 5 nitrogen and oxygen atoms in total. The number of aromatic nitrogens is 2. The largest absolute Gasteiger partial charge is 0.441 e. The van der Waals surface area contributed by atoms with Gasteiger partial charge in [-0.05, 0) is 11.8 Å². The van der Waals surface area contributed by atoms with E-state index >= 15 is 0 Å². The first kappa shape index (κ1) is 17.1.